The lowest BCUT2D eigenvalue weighted by Gasteiger charge is -2.28. The van der Waals surface area contributed by atoms with Crippen LogP contribution in [-0.4, -0.2) is 24.5 Å². The highest BCUT2D eigenvalue weighted by Crippen LogP contribution is 2.14. The van der Waals surface area contributed by atoms with Crippen LogP contribution in [0.5, 0.6) is 0 Å². The molecule has 1 aromatic rings. The molecule has 80 valence electrons. The van der Waals surface area contributed by atoms with Crippen molar-refractivity contribution in [1.29, 1.82) is 0 Å². The third-order valence-electron chi connectivity index (χ3n) is 3.14. The van der Waals surface area contributed by atoms with E-state index in [2.05, 4.69) is 54.4 Å². The van der Waals surface area contributed by atoms with Gasteiger partial charge in [0.25, 0.3) is 0 Å². The zero-order chi connectivity index (χ0) is 10.5. The first-order chi connectivity index (χ1) is 7.36. The Balaban J connectivity index is 1.87. The number of aryl methyl sites for hydroxylation is 1. The Morgan fingerprint density at radius 2 is 2.07 bits per heavy atom. The van der Waals surface area contributed by atoms with Gasteiger partial charge in [0.05, 0.1) is 0 Å². The normalized spacial score (nSPS) is 21.8. The predicted molar refractivity (Wildman–Crippen MR) is 64.9 cm³/mol. The van der Waals surface area contributed by atoms with Crippen molar-refractivity contribution in [2.45, 2.75) is 25.3 Å². The van der Waals surface area contributed by atoms with Crippen LogP contribution in [0.2, 0.25) is 0 Å². The lowest BCUT2D eigenvalue weighted by atomic mass is 10.0. The summed E-state index contributed by atoms with van der Waals surface area (Å²) in [4.78, 5) is 2.45. The molecule has 1 aliphatic rings. The molecule has 0 amide bonds. The van der Waals surface area contributed by atoms with Gasteiger partial charge in [0, 0.05) is 12.6 Å². The molecule has 0 saturated carbocycles. The first-order valence-corrected chi connectivity index (χ1v) is 5.77. The van der Waals surface area contributed by atoms with Crippen LogP contribution in [0.15, 0.2) is 42.5 Å². The molecule has 1 heteroatoms. The fraction of sp³-hybridized carbons (Fsp3) is 0.429. The summed E-state index contributed by atoms with van der Waals surface area (Å²) in [6, 6.07) is 11.4. The van der Waals surface area contributed by atoms with Crippen LogP contribution in [0.1, 0.15) is 18.4 Å². The first-order valence-electron chi connectivity index (χ1n) is 5.77. The first kappa shape index (κ1) is 10.4. The monoisotopic (exact) mass is 201 g/mol. The molecule has 0 unspecified atom stereocenters. The quantitative estimate of drug-likeness (QED) is 0.680. The summed E-state index contributed by atoms with van der Waals surface area (Å²) in [5.41, 5.74) is 1.45. The molecule has 0 bridgehead atoms. The Bertz CT molecular complexity index is 315. The second-order valence-electron chi connectivity index (χ2n) is 4.29. The molecule has 0 aromatic heterocycles. The number of rotatable bonds is 3. The van der Waals surface area contributed by atoms with E-state index in [4.69, 9.17) is 0 Å². The summed E-state index contributed by atoms with van der Waals surface area (Å²) in [7, 11) is 2.22. The van der Waals surface area contributed by atoms with Crippen molar-refractivity contribution in [3.8, 4) is 0 Å². The van der Waals surface area contributed by atoms with E-state index in [-0.39, 0.29) is 0 Å². The minimum atomic E-state index is 0.638. The average Bonchev–Trinajstić information content (AvgIpc) is 2.29. The molecule has 0 aliphatic carbocycles. The Kier molecular flexibility index (Phi) is 3.57. The third kappa shape index (κ3) is 2.93. The van der Waals surface area contributed by atoms with Gasteiger partial charge in [-0.05, 0) is 31.9 Å². The second kappa shape index (κ2) is 5.13. The summed E-state index contributed by atoms with van der Waals surface area (Å²) >= 11 is 0. The van der Waals surface area contributed by atoms with E-state index in [1.54, 1.807) is 0 Å². The predicted octanol–water partition coefficient (Wildman–Crippen LogP) is 2.88. The summed E-state index contributed by atoms with van der Waals surface area (Å²) in [6.07, 6.45) is 8.29. The maximum Gasteiger partial charge on any atom is 0.0278 e. The summed E-state index contributed by atoms with van der Waals surface area (Å²) in [5.74, 6) is 0. The molecule has 0 N–H and O–H groups in total. The molecular weight excluding hydrogens is 182 g/mol. The maximum atomic E-state index is 2.45. The van der Waals surface area contributed by atoms with Crippen molar-refractivity contribution >= 4 is 0 Å². The van der Waals surface area contributed by atoms with Gasteiger partial charge in [0.1, 0.15) is 0 Å². The van der Waals surface area contributed by atoms with Gasteiger partial charge in [0.2, 0.25) is 0 Å². The minimum absolute atomic E-state index is 0.638. The molecule has 1 nitrogen and oxygen atoms in total. The van der Waals surface area contributed by atoms with Gasteiger partial charge in [-0.15, -0.1) is 0 Å². The van der Waals surface area contributed by atoms with Gasteiger partial charge >= 0.3 is 0 Å². The Morgan fingerprint density at radius 1 is 1.27 bits per heavy atom. The van der Waals surface area contributed by atoms with Crippen LogP contribution in [0.3, 0.4) is 0 Å². The zero-order valence-corrected chi connectivity index (χ0v) is 9.39. The molecular formula is C14H19N. The van der Waals surface area contributed by atoms with Crippen LogP contribution >= 0.6 is 0 Å². The highest BCUT2D eigenvalue weighted by atomic mass is 15.1. The van der Waals surface area contributed by atoms with Gasteiger partial charge in [0.15, 0.2) is 0 Å². The van der Waals surface area contributed by atoms with E-state index in [9.17, 15) is 0 Å². The fourth-order valence-corrected chi connectivity index (χ4v) is 2.12. The SMILES string of the molecule is CN1CCC=C[C@H]1CCc1ccccc1. The van der Waals surface area contributed by atoms with Crippen LogP contribution < -0.4 is 0 Å². The molecule has 0 radical (unpaired) electrons. The Labute approximate surface area is 92.4 Å². The lowest BCUT2D eigenvalue weighted by molar-refractivity contribution is 0.264. The van der Waals surface area contributed by atoms with Crippen molar-refractivity contribution in [1.82, 2.24) is 4.90 Å². The molecule has 1 atom stereocenters. The Morgan fingerprint density at radius 3 is 2.80 bits per heavy atom. The molecule has 2 rings (SSSR count). The van der Waals surface area contributed by atoms with E-state index in [0.29, 0.717) is 6.04 Å². The van der Waals surface area contributed by atoms with Crippen LogP contribution in [-0.2, 0) is 6.42 Å². The molecule has 0 saturated heterocycles. The summed E-state index contributed by atoms with van der Waals surface area (Å²) in [5, 5.41) is 0. The van der Waals surface area contributed by atoms with Crippen LogP contribution in [0.4, 0.5) is 0 Å². The van der Waals surface area contributed by atoms with Gasteiger partial charge in [-0.2, -0.15) is 0 Å². The number of nitrogens with zero attached hydrogens (tertiary/aromatic N) is 1. The standard InChI is InChI=1S/C14H19N/c1-15-12-6-5-9-14(15)11-10-13-7-3-2-4-8-13/h2-5,7-9,14H,6,10-12H2,1H3/t14-/m0/s1. The van der Waals surface area contributed by atoms with Gasteiger partial charge < -0.3 is 0 Å². The van der Waals surface area contributed by atoms with E-state index in [0.717, 1.165) is 0 Å². The van der Waals surface area contributed by atoms with E-state index >= 15 is 0 Å². The van der Waals surface area contributed by atoms with Gasteiger partial charge in [-0.25, -0.2) is 0 Å². The number of hydrogen-bond donors (Lipinski definition) is 0. The fourth-order valence-electron chi connectivity index (χ4n) is 2.12. The topological polar surface area (TPSA) is 3.24 Å². The van der Waals surface area contributed by atoms with E-state index in [1.807, 2.05) is 0 Å². The largest absolute Gasteiger partial charge is 0.300 e. The van der Waals surface area contributed by atoms with Crippen molar-refractivity contribution in [3.05, 3.63) is 48.0 Å². The number of benzene rings is 1. The average molecular weight is 201 g/mol. The highest BCUT2D eigenvalue weighted by Gasteiger charge is 2.13. The molecule has 0 spiro atoms. The molecule has 1 aliphatic heterocycles. The number of likely N-dealkylation sites (N-methyl/N-ethyl adjacent to an activating group) is 1. The van der Waals surface area contributed by atoms with Crippen LogP contribution in [0.25, 0.3) is 0 Å². The molecule has 1 aromatic carbocycles. The third-order valence-corrected chi connectivity index (χ3v) is 3.14. The lowest BCUT2D eigenvalue weighted by Crippen LogP contribution is -2.33. The molecule has 15 heavy (non-hydrogen) atoms. The second-order valence-corrected chi connectivity index (χ2v) is 4.29. The van der Waals surface area contributed by atoms with E-state index < -0.39 is 0 Å². The van der Waals surface area contributed by atoms with Gasteiger partial charge in [-0.3, -0.25) is 4.90 Å². The van der Waals surface area contributed by atoms with Crippen molar-refractivity contribution in [3.63, 3.8) is 0 Å². The van der Waals surface area contributed by atoms with Crippen molar-refractivity contribution < 1.29 is 0 Å². The number of hydrogen-bond acceptors (Lipinski definition) is 1. The van der Waals surface area contributed by atoms with Crippen molar-refractivity contribution in [2.75, 3.05) is 13.6 Å². The maximum absolute atomic E-state index is 2.45. The molecule has 1 heterocycles. The summed E-state index contributed by atoms with van der Waals surface area (Å²) < 4.78 is 0. The van der Waals surface area contributed by atoms with Crippen molar-refractivity contribution in [2.24, 2.45) is 0 Å². The van der Waals surface area contributed by atoms with Crippen LogP contribution in [0, 0.1) is 0 Å². The highest BCUT2D eigenvalue weighted by molar-refractivity contribution is 5.15. The zero-order valence-electron chi connectivity index (χ0n) is 9.39. The van der Waals surface area contributed by atoms with E-state index in [1.165, 1.54) is 31.4 Å². The Hall–Kier alpha value is -1.08. The van der Waals surface area contributed by atoms with Gasteiger partial charge in [-0.1, -0.05) is 42.5 Å². The molecule has 0 fully saturated rings. The smallest absolute Gasteiger partial charge is 0.0278 e. The minimum Gasteiger partial charge on any atom is -0.300 e. The summed E-state index contributed by atoms with van der Waals surface area (Å²) in [6.45, 7) is 1.20.